The quantitative estimate of drug-likeness (QED) is 0.779. The second kappa shape index (κ2) is 6.88. The van der Waals surface area contributed by atoms with E-state index in [0.717, 1.165) is 31.6 Å². The lowest BCUT2D eigenvalue weighted by molar-refractivity contribution is -0.134. The highest BCUT2D eigenvalue weighted by atomic mass is 16.1. The van der Waals surface area contributed by atoms with Gasteiger partial charge in [0.15, 0.2) is 0 Å². The van der Waals surface area contributed by atoms with Gasteiger partial charge in [-0.1, -0.05) is 51.9 Å². The highest BCUT2D eigenvalue weighted by molar-refractivity contribution is 5.87. The van der Waals surface area contributed by atoms with Crippen molar-refractivity contribution in [2.45, 2.75) is 77.6 Å². The summed E-state index contributed by atoms with van der Waals surface area (Å²) in [5.74, 6) is 1.64. The number of carbonyl (C=O) groups is 1. The van der Waals surface area contributed by atoms with Crippen LogP contribution in [0.25, 0.3) is 0 Å². The fraction of sp³-hybridized carbons (Fsp3) is 0.941. The number of ketones is 1. The molecule has 2 unspecified atom stereocenters. The van der Waals surface area contributed by atoms with E-state index in [1.807, 2.05) is 0 Å². The van der Waals surface area contributed by atoms with Crippen molar-refractivity contribution < 1.29 is 4.79 Å². The summed E-state index contributed by atoms with van der Waals surface area (Å²) in [5, 5.41) is 0. The summed E-state index contributed by atoms with van der Waals surface area (Å²) in [6, 6.07) is 0. The molecular formula is C17H31NO. The van der Waals surface area contributed by atoms with E-state index in [9.17, 15) is 4.79 Å². The van der Waals surface area contributed by atoms with Crippen molar-refractivity contribution in [2.75, 3.05) is 6.54 Å². The van der Waals surface area contributed by atoms with Crippen molar-refractivity contribution in [3.05, 3.63) is 0 Å². The summed E-state index contributed by atoms with van der Waals surface area (Å²) < 4.78 is 0. The number of nitrogens with two attached hydrogens (primary N) is 1. The molecule has 110 valence electrons. The van der Waals surface area contributed by atoms with Gasteiger partial charge in [-0.25, -0.2) is 0 Å². The average Bonchev–Trinajstić information content (AvgIpc) is 2.73. The molecule has 0 heterocycles. The molecule has 2 atom stereocenters. The number of Topliss-reactive ketones (excluding diaryl/α,β-unsaturated/α-hetero) is 1. The first-order valence-corrected chi connectivity index (χ1v) is 8.46. The molecule has 2 nitrogen and oxygen atoms in total. The van der Waals surface area contributed by atoms with Crippen LogP contribution in [0.15, 0.2) is 0 Å². The Bertz CT molecular complexity index is 292. The Morgan fingerprint density at radius 1 is 1.11 bits per heavy atom. The minimum atomic E-state index is -0.156. The Balaban J connectivity index is 2.06. The lowest BCUT2D eigenvalue weighted by Gasteiger charge is -2.37. The van der Waals surface area contributed by atoms with Gasteiger partial charge in [-0.3, -0.25) is 4.79 Å². The van der Waals surface area contributed by atoms with Crippen molar-refractivity contribution >= 4 is 5.78 Å². The molecule has 0 aromatic rings. The van der Waals surface area contributed by atoms with Crippen molar-refractivity contribution in [2.24, 2.45) is 23.0 Å². The lowest BCUT2D eigenvalue weighted by Crippen LogP contribution is -2.43. The van der Waals surface area contributed by atoms with E-state index in [0.29, 0.717) is 18.2 Å². The van der Waals surface area contributed by atoms with E-state index in [1.54, 1.807) is 0 Å². The molecule has 2 aliphatic rings. The molecule has 2 heteroatoms. The SMILES string of the molecule is CCC1CCCC(C(=O)C2(CN)CCCCCC2)C1. The first-order chi connectivity index (χ1) is 9.22. The van der Waals surface area contributed by atoms with Crippen molar-refractivity contribution in [1.29, 1.82) is 0 Å². The molecule has 0 bridgehead atoms. The Morgan fingerprint density at radius 3 is 2.37 bits per heavy atom. The normalized spacial score (nSPS) is 31.7. The average molecular weight is 265 g/mol. The molecule has 0 amide bonds. The Hall–Kier alpha value is -0.370. The number of rotatable bonds is 4. The fourth-order valence-electron chi connectivity index (χ4n) is 4.29. The van der Waals surface area contributed by atoms with E-state index in [-0.39, 0.29) is 5.41 Å². The van der Waals surface area contributed by atoms with Gasteiger partial charge in [-0.2, -0.15) is 0 Å². The molecule has 0 aromatic heterocycles. The summed E-state index contributed by atoms with van der Waals surface area (Å²) in [4.78, 5) is 13.0. The molecule has 0 aliphatic heterocycles. The van der Waals surface area contributed by atoms with Gasteiger partial charge in [0.25, 0.3) is 0 Å². The largest absolute Gasteiger partial charge is 0.329 e. The van der Waals surface area contributed by atoms with E-state index in [2.05, 4.69) is 6.92 Å². The van der Waals surface area contributed by atoms with Crippen LogP contribution >= 0.6 is 0 Å². The Labute approximate surface area is 118 Å². The molecule has 0 aromatic carbocycles. The Kier molecular flexibility index (Phi) is 5.44. The van der Waals surface area contributed by atoms with Crippen LogP contribution in [0.4, 0.5) is 0 Å². The molecule has 2 N–H and O–H groups in total. The maximum Gasteiger partial charge on any atom is 0.143 e. The van der Waals surface area contributed by atoms with Gasteiger partial charge >= 0.3 is 0 Å². The third-order valence-corrected chi connectivity index (χ3v) is 5.71. The lowest BCUT2D eigenvalue weighted by atomic mass is 9.67. The highest BCUT2D eigenvalue weighted by Crippen LogP contribution is 2.41. The molecule has 2 saturated carbocycles. The van der Waals surface area contributed by atoms with Crippen LogP contribution in [-0.2, 0) is 4.79 Å². The van der Waals surface area contributed by atoms with Crippen molar-refractivity contribution in [3.8, 4) is 0 Å². The molecule has 0 saturated heterocycles. The zero-order valence-corrected chi connectivity index (χ0v) is 12.6. The molecule has 2 rings (SSSR count). The second-order valence-electron chi connectivity index (χ2n) is 6.90. The number of hydrogen-bond acceptors (Lipinski definition) is 2. The zero-order valence-electron chi connectivity index (χ0n) is 12.6. The molecular weight excluding hydrogens is 234 g/mol. The van der Waals surface area contributed by atoms with E-state index < -0.39 is 0 Å². The minimum Gasteiger partial charge on any atom is -0.329 e. The number of hydrogen-bond donors (Lipinski definition) is 1. The fourth-order valence-corrected chi connectivity index (χ4v) is 4.29. The Morgan fingerprint density at radius 2 is 1.79 bits per heavy atom. The second-order valence-corrected chi connectivity index (χ2v) is 6.90. The van der Waals surface area contributed by atoms with Crippen LogP contribution in [0.3, 0.4) is 0 Å². The van der Waals surface area contributed by atoms with Crippen LogP contribution in [0.1, 0.15) is 77.6 Å². The molecule has 19 heavy (non-hydrogen) atoms. The van der Waals surface area contributed by atoms with E-state index in [4.69, 9.17) is 5.73 Å². The highest BCUT2D eigenvalue weighted by Gasteiger charge is 2.41. The van der Waals surface area contributed by atoms with Gasteiger partial charge in [0, 0.05) is 17.9 Å². The topological polar surface area (TPSA) is 43.1 Å². The monoisotopic (exact) mass is 265 g/mol. The van der Waals surface area contributed by atoms with Gasteiger partial charge in [0.1, 0.15) is 5.78 Å². The summed E-state index contributed by atoms with van der Waals surface area (Å²) in [6.45, 7) is 2.85. The predicted octanol–water partition coefficient (Wildman–Crippen LogP) is 4.07. The zero-order chi connectivity index (χ0) is 13.7. The summed E-state index contributed by atoms with van der Waals surface area (Å²) >= 11 is 0. The van der Waals surface area contributed by atoms with Crippen LogP contribution in [0, 0.1) is 17.3 Å². The first kappa shape index (κ1) is 15.0. The van der Waals surface area contributed by atoms with Crippen molar-refractivity contribution in [3.63, 3.8) is 0 Å². The van der Waals surface area contributed by atoms with Crippen LogP contribution in [0.2, 0.25) is 0 Å². The summed E-state index contributed by atoms with van der Waals surface area (Å²) in [7, 11) is 0. The summed E-state index contributed by atoms with van der Waals surface area (Å²) in [5.41, 5.74) is 5.91. The standard InChI is InChI=1S/C17H31NO/c1-2-14-8-7-9-15(12-14)16(19)17(13-18)10-5-3-4-6-11-17/h14-15H,2-13,18H2,1H3. The van der Waals surface area contributed by atoms with Gasteiger partial charge in [-0.05, 0) is 31.6 Å². The molecule has 0 spiro atoms. The maximum absolute atomic E-state index is 13.0. The van der Waals surface area contributed by atoms with E-state index in [1.165, 1.54) is 44.9 Å². The smallest absolute Gasteiger partial charge is 0.143 e. The van der Waals surface area contributed by atoms with Crippen LogP contribution < -0.4 is 5.73 Å². The third-order valence-electron chi connectivity index (χ3n) is 5.71. The molecule has 2 aliphatic carbocycles. The van der Waals surface area contributed by atoms with Gasteiger partial charge in [0.05, 0.1) is 0 Å². The number of carbonyl (C=O) groups excluding carboxylic acids is 1. The first-order valence-electron chi connectivity index (χ1n) is 8.46. The molecule has 2 fully saturated rings. The third kappa shape index (κ3) is 3.39. The van der Waals surface area contributed by atoms with Gasteiger partial charge in [0.2, 0.25) is 0 Å². The minimum absolute atomic E-state index is 0.156. The van der Waals surface area contributed by atoms with Crippen LogP contribution in [-0.4, -0.2) is 12.3 Å². The summed E-state index contributed by atoms with van der Waals surface area (Å²) in [6.07, 6.45) is 13.2. The van der Waals surface area contributed by atoms with E-state index >= 15 is 0 Å². The van der Waals surface area contributed by atoms with Crippen molar-refractivity contribution in [1.82, 2.24) is 0 Å². The van der Waals surface area contributed by atoms with Crippen LogP contribution in [0.5, 0.6) is 0 Å². The maximum atomic E-state index is 13.0. The van der Waals surface area contributed by atoms with Gasteiger partial charge in [-0.15, -0.1) is 0 Å². The molecule has 0 radical (unpaired) electrons. The predicted molar refractivity (Wildman–Crippen MR) is 79.9 cm³/mol. The van der Waals surface area contributed by atoms with Gasteiger partial charge < -0.3 is 5.73 Å².